The third-order valence-corrected chi connectivity index (χ3v) is 10.2. The highest BCUT2D eigenvalue weighted by Gasteiger charge is 2.31. The molecular formula is C30H31FN4O6S2. The number of piperidine rings is 1. The number of nitrogens with zero attached hydrogens (tertiary/aromatic N) is 4. The van der Waals surface area contributed by atoms with Gasteiger partial charge in [-0.2, -0.15) is 14.4 Å². The van der Waals surface area contributed by atoms with Gasteiger partial charge in [-0.05, 0) is 74.4 Å². The molecule has 13 heteroatoms. The minimum Gasteiger partial charge on any atom is -0.493 e. The number of aromatic nitrogens is 1. The van der Waals surface area contributed by atoms with Crippen LogP contribution < -0.4 is 19.2 Å². The average Bonchev–Trinajstić information content (AvgIpc) is 3.43. The van der Waals surface area contributed by atoms with Crippen LogP contribution in [0.25, 0.3) is 10.2 Å². The molecule has 2 heterocycles. The highest BCUT2D eigenvalue weighted by molar-refractivity contribution is 7.89. The zero-order valence-electron chi connectivity index (χ0n) is 24.1. The van der Waals surface area contributed by atoms with E-state index in [1.54, 1.807) is 12.1 Å². The van der Waals surface area contributed by atoms with Gasteiger partial charge in [-0.1, -0.05) is 17.8 Å². The van der Waals surface area contributed by atoms with Crippen molar-refractivity contribution in [3.63, 3.8) is 0 Å². The van der Waals surface area contributed by atoms with Crippen LogP contribution in [0, 0.1) is 5.82 Å². The topological polar surface area (TPSA) is 111 Å². The van der Waals surface area contributed by atoms with Gasteiger partial charge in [0.05, 0.1) is 42.7 Å². The van der Waals surface area contributed by atoms with Crippen LogP contribution in [0.15, 0.2) is 64.6 Å². The number of benzene rings is 3. The van der Waals surface area contributed by atoms with E-state index in [9.17, 15) is 17.6 Å². The van der Waals surface area contributed by atoms with E-state index in [-0.39, 0.29) is 21.6 Å². The molecule has 43 heavy (non-hydrogen) atoms. The van der Waals surface area contributed by atoms with E-state index in [1.807, 2.05) is 6.92 Å². The van der Waals surface area contributed by atoms with Gasteiger partial charge in [-0.15, -0.1) is 0 Å². The maximum Gasteiger partial charge on any atom is 0.280 e. The first-order chi connectivity index (χ1) is 20.7. The summed E-state index contributed by atoms with van der Waals surface area (Å²) < 4.78 is 58.8. The number of carbonyl (C=O) groups excluding carboxylic acids is 1. The first-order valence-corrected chi connectivity index (χ1v) is 15.8. The van der Waals surface area contributed by atoms with Gasteiger partial charge in [0.2, 0.25) is 20.9 Å². The number of ether oxygens (including phenoxy) is 3. The van der Waals surface area contributed by atoms with Crippen molar-refractivity contribution >= 4 is 48.8 Å². The van der Waals surface area contributed by atoms with Crippen molar-refractivity contribution in [1.29, 1.82) is 0 Å². The van der Waals surface area contributed by atoms with E-state index in [0.717, 1.165) is 35.6 Å². The number of hydrogen-bond acceptors (Lipinski definition) is 9. The Labute approximate surface area is 253 Å². The summed E-state index contributed by atoms with van der Waals surface area (Å²) in [6.45, 7) is 2.37. The molecule has 1 amide bonds. The second kappa shape index (κ2) is 12.7. The lowest BCUT2D eigenvalue weighted by atomic mass is 10.1. The van der Waals surface area contributed by atoms with Crippen LogP contribution >= 0.6 is 11.3 Å². The minimum absolute atomic E-state index is 0.0936. The molecule has 1 unspecified atom stereocenters. The number of fused-ring (bicyclic) bond motifs is 1. The summed E-state index contributed by atoms with van der Waals surface area (Å²) in [6.07, 6.45) is 4.04. The lowest BCUT2D eigenvalue weighted by Gasteiger charge is -2.32. The predicted molar refractivity (Wildman–Crippen MR) is 164 cm³/mol. The normalized spacial score (nSPS) is 16.0. The molecule has 0 spiro atoms. The van der Waals surface area contributed by atoms with E-state index >= 15 is 0 Å². The van der Waals surface area contributed by atoms with Crippen LogP contribution in [0.1, 0.15) is 42.1 Å². The van der Waals surface area contributed by atoms with Crippen LogP contribution in [-0.4, -0.2) is 63.7 Å². The molecule has 1 aliphatic heterocycles. The first-order valence-electron chi connectivity index (χ1n) is 13.5. The molecule has 5 rings (SSSR count). The Morgan fingerprint density at radius 2 is 1.74 bits per heavy atom. The number of amides is 1. The lowest BCUT2D eigenvalue weighted by molar-refractivity contribution is 0.0987. The summed E-state index contributed by atoms with van der Waals surface area (Å²) >= 11 is 1.09. The van der Waals surface area contributed by atoms with Gasteiger partial charge in [0.1, 0.15) is 5.82 Å². The Hall–Kier alpha value is -4.07. The van der Waals surface area contributed by atoms with Crippen LogP contribution in [0.4, 0.5) is 9.52 Å². The van der Waals surface area contributed by atoms with Gasteiger partial charge in [-0.3, -0.25) is 4.79 Å². The number of thiazole rings is 1. The van der Waals surface area contributed by atoms with E-state index < -0.39 is 21.7 Å². The van der Waals surface area contributed by atoms with Crippen molar-refractivity contribution in [3.05, 3.63) is 71.5 Å². The zero-order valence-corrected chi connectivity index (χ0v) is 25.7. The molecule has 0 radical (unpaired) electrons. The second-order valence-electron chi connectivity index (χ2n) is 9.91. The summed E-state index contributed by atoms with van der Waals surface area (Å²) in [7, 11) is 0.761. The molecule has 1 aromatic heterocycles. The van der Waals surface area contributed by atoms with Crippen LogP contribution in [0.5, 0.6) is 17.2 Å². The first kappa shape index (κ1) is 30.4. The number of carbonyl (C=O) groups is 1. The molecule has 226 valence electrons. The van der Waals surface area contributed by atoms with Crippen molar-refractivity contribution in [2.45, 2.75) is 37.1 Å². The van der Waals surface area contributed by atoms with Gasteiger partial charge in [0.25, 0.3) is 5.91 Å². The van der Waals surface area contributed by atoms with Crippen molar-refractivity contribution in [2.75, 3.05) is 32.9 Å². The molecule has 1 aliphatic rings. The van der Waals surface area contributed by atoms with Gasteiger partial charge >= 0.3 is 0 Å². The summed E-state index contributed by atoms with van der Waals surface area (Å²) in [6, 6.07) is 13.2. The van der Waals surface area contributed by atoms with Crippen molar-refractivity contribution in [3.8, 4) is 17.2 Å². The van der Waals surface area contributed by atoms with E-state index in [1.165, 1.54) is 74.3 Å². The van der Waals surface area contributed by atoms with Gasteiger partial charge in [0.15, 0.2) is 11.5 Å². The average molecular weight is 627 g/mol. The maximum atomic E-state index is 13.9. The Morgan fingerprint density at radius 1 is 1.05 bits per heavy atom. The Morgan fingerprint density at radius 3 is 2.37 bits per heavy atom. The molecule has 0 bridgehead atoms. The third-order valence-electron chi connectivity index (χ3n) is 7.17. The Kier molecular flexibility index (Phi) is 8.95. The van der Waals surface area contributed by atoms with Crippen LogP contribution in [-0.2, 0) is 10.0 Å². The molecule has 4 aromatic rings. The highest BCUT2D eigenvalue weighted by Crippen LogP contribution is 2.38. The quantitative estimate of drug-likeness (QED) is 0.173. The fourth-order valence-electron chi connectivity index (χ4n) is 4.92. The van der Waals surface area contributed by atoms with Crippen LogP contribution in [0.2, 0.25) is 0 Å². The number of rotatable bonds is 9. The van der Waals surface area contributed by atoms with Gasteiger partial charge in [0, 0.05) is 23.7 Å². The van der Waals surface area contributed by atoms with E-state index in [2.05, 4.69) is 10.1 Å². The molecule has 0 saturated carbocycles. The summed E-state index contributed by atoms with van der Waals surface area (Å²) in [5.74, 6) is 0.213. The fourth-order valence-corrected chi connectivity index (χ4v) is 7.57. The Balaban J connectivity index is 1.52. The molecule has 1 fully saturated rings. The highest BCUT2D eigenvalue weighted by atomic mass is 32.2. The van der Waals surface area contributed by atoms with Crippen molar-refractivity contribution < 1.29 is 31.8 Å². The number of hydrogen-bond donors (Lipinski definition) is 0. The smallest absolute Gasteiger partial charge is 0.280 e. The number of anilines is 1. The summed E-state index contributed by atoms with van der Waals surface area (Å²) in [5, 5.41) is 5.75. The SMILES string of the molecule is COc1cc(/C=N/N(C(=O)c2ccc(S(=O)(=O)N3CCCCC3C)cc2)c2nc3ccc(F)cc3s2)cc(OC)c1OC. The van der Waals surface area contributed by atoms with E-state index in [0.29, 0.717) is 39.6 Å². The maximum absolute atomic E-state index is 13.9. The number of halogens is 1. The predicted octanol–water partition coefficient (Wildman–Crippen LogP) is 5.71. The van der Waals surface area contributed by atoms with Crippen molar-refractivity contribution in [1.82, 2.24) is 9.29 Å². The monoisotopic (exact) mass is 626 g/mol. The lowest BCUT2D eigenvalue weighted by Crippen LogP contribution is -2.41. The molecule has 10 nitrogen and oxygen atoms in total. The third kappa shape index (κ3) is 6.19. The zero-order chi connectivity index (χ0) is 30.7. The number of hydrazone groups is 1. The molecular weight excluding hydrogens is 595 g/mol. The standard InChI is InChI=1S/C30H31FN4O6S2/c1-19-7-5-6-14-34(19)43(37,38)23-11-8-21(9-12-23)29(36)35(30-33-24-13-10-22(31)17-27(24)42-30)32-18-20-15-25(39-2)28(41-4)26(16-20)40-3/h8-13,15-19H,5-7,14H2,1-4H3/b32-18+. The summed E-state index contributed by atoms with van der Waals surface area (Å²) in [5.41, 5.74) is 1.23. The van der Waals surface area contributed by atoms with Crippen molar-refractivity contribution in [2.24, 2.45) is 5.10 Å². The molecule has 0 N–H and O–H groups in total. The molecule has 0 aliphatic carbocycles. The van der Waals surface area contributed by atoms with Gasteiger partial charge in [-0.25, -0.2) is 17.8 Å². The molecule has 1 atom stereocenters. The minimum atomic E-state index is -3.71. The molecule has 1 saturated heterocycles. The van der Waals surface area contributed by atoms with Gasteiger partial charge < -0.3 is 14.2 Å². The van der Waals surface area contributed by atoms with E-state index in [4.69, 9.17) is 14.2 Å². The number of methoxy groups -OCH3 is 3. The second-order valence-corrected chi connectivity index (χ2v) is 12.8. The fraction of sp³-hybridized carbons (Fsp3) is 0.300. The number of sulfonamides is 1. The van der Waals surface area contributed by atoms with Crippen LogP contribution in [0.3, 0.4) is 0 Å². The summed E-state index contributed by atoms with van der Waals surface area (Å²) in [4.78, 5) is 18.5. The Bertz CT molecular complexity index is 1750. The molecule has 3 aromatic carbocycles. The largest absolute Gasteiger partial charge is 0.493 e.